The van der Waals surface area contributed by atoms with Crippen LogP contribution in [-0.2, 0) is 35.9 Å². The zero-order valence-corrected chi connectivity index (χ0v) is 24.9. The number of pyridine rings is 1. The van der Waals surface area contributed by atoms with Gasteiger partial charge in [0.2, 0.25) is 11.6 Å². The quantitative estimate of drug-likeness (QED) is 0.0597. The average Bonchev–Trinajstić information content (AvgIpc) is 3.65. The topological polar surface area (TPSA) is 236 Å². The molecule has 5 rings (SSSR count). The monoisotopic (exact) mass is 659 g/mol. The first kappa shape index (κ1) is 30.6. The number of fused-ring (bicyclic) bond motifs is 1. The molecule has 0 aliphatic carbocycles. The van der Waals surface area contributed by atoms with Crippen LogP contribution in [0.1, 0.15) is 5.69 Å². The minimum Gasteiger partial charge on any atom is -0.477 e. The summed E-state index contributed by atoms with van der Waals surface area (Å²) in [5, 5.41) is 33.8. The number of oxime groups is 1. The molecule has 0 bridgehead atoms. The number of carboxylic acid groups (broad SMARTS) is 1. The Labute approximate surface area is 259 Å². The molecule has 1 saturated heterocycles. The minimum atomic E-state index is -1.28. The van der Waals surface area contributed by atoms with Crippen molar-refractivity contribution in [2.45, 2.75) is 16.6 Å². The van der Waals surface area contributed by atoms with Crippen molar-refractivity contribution in [3.05, 3.63) is 46.9 Å². The maximum absolute atomic E-state index is 13.4. The number of tetrazole rings is 1. The number of thioether (sulfide) groups is 2. The van der Waals surface area contributed by atoms with Crippen molar-refractivity contribution >= 4 is 81.5 Å². The Balaban J connectivity index is 1.28. The van der Waals surface area contributed by atoms with E-state index in [2.05, 4.69) is 46.6 Å². The molecule has 228 valence electrons. The maximum Gasteiger partial charge on any atom is 0.352 e. The lowest BCUT2D eigenvalue weighted by Gasteiger charge is -2.49. The molecular formula is C23H21N11O7S3. The fourth-order valence-corrected chi connectivity index (χ4v) is 6.98. The van der Waals surface area contributed by atoms with E-state index < -0.39 is 41.7 Å². The number of carbonyl (C=O) groups is 5. The molecule has 21 heteroatoms. The van der Waals surface area contributed by atoms with Gasteiger partial charge in [0.15, 0.2) is 17.5 Å². The molecule has 0 radical (unpaired) electrons. The second-order valence-electron chi connectivity index (χ2n) is 8.80. The molecular weight excluding hydrogens is 639 g/mol. The van der Waals surface area contributed by atoms with E-state index in [1.807, 2.05) is 0 Å². The number of β-lactam (4-membered cyclic amide) rings is 1. The first-order chi connectivity index (χ1) is 21.3. The van der Waals surface area contributed by atoms with Gasteiger partial charge in [-0.05, 0) is 28.1 Å². The molecule has 2 aliphatic heterocycles. The van der Waals surface area contributed by atoms with Gasteiger partial charge in [-0.2, -0.15) is 0 Å². The molecule has 0 saturated carbocycles. The highest BCUT2D eigenvalue weighted by Crippen LogP contribution is 2.41. The van der Waals surface area contributed by atoms with Crippen molar-refractivity contribution in [2.75, 3.05) is 28.7 Å². The number of aromatic nitrogens is 6. The van der Waals surface area contributed by atoms with Crippen LogP contribution in [0.15, 0.2) is 51.5 Å². The second kappa shape index (κ2) is 13.6. The molecule has 18 nitrogen and oxygen atoms in total. The number of amides is 4. The molecule has 2 aliphatic rings. The molecule has 4 N–H and O–H groups in total. The average molecular weight is 660 g/mol. The van der Waals surface area contributed by atoms with Gasteiger partial charge < -0.3 is 25.9 Å². The van der Waals surface area contributed by atoms with Crippen LogP contribution in [0, 0.1) is 0 Å². The number of rotatable bonds is 13. The molecule has 0 aromatic carbocycles. The van der Waals surface area contributed by atoms with E-state index >= 15 is 0 Å². The van der Waals surface area contributed by atoms with E-state index in [9.17, 15) is 29.1 Å². The number of nitrogens with one attached hydrogen (secondary N) is 3. The van der Waals surface area contributed by atoms with Crippen LogP contribution in [0.4, 0.5) is 10.8 Å². The van der Waals surface area contributed by atoms with E-state index in [1.54, 1.807) is 19.2 Å². The van der Waals surface area contributed by atoms with E-state index in [4.69, 9.17) is 4.84 Å². The Hall–Kier alpha value is -4.89. The van der Waals surface area contributed by atoms with Crippen molar-refractivity contribution < 1.29 is 33.9 Å². The molecule has 5 heterocycles. The van der Waals surface area contributed by atoms with E-state index in [0.717, 1.165) is 16.2 Å². The van der Waals surface area contributed by atoms with Crippen molar-refractivity contribution in [1.82, 2.24) is 40.4 Å². The number of thiazole rings is 1. The number of carboxylic acids is 1. The molecule has 3 aromatic rings. The van der Waals surface area contributed by atoms with E-state index in [0.29, 0.717) is 22.8 Å². The third-order valence-electron chi connectivity index (χ3n) is 5.93. The number of hydrogen-bond donors (Lipinski definition) is 4. The number of carbonyl (C=O) groups excluding carboxylic acids is 4. The Kier molecular flexibility index (Phi) is 9.45. The zero-order valence-electron chi connectivity index (χ0n) is 22.4. The van der Waals surface area contributed by atoms with Gasteiger partial charge in [0.05, 0.1) is 11.9 Å². The summed E-state index contributed by atoms with van der Waals surface area (Å²) in [4.78, 5) is 76.1. The van der Waals surface area contributed by atoms with Gasteiger partial charge in [-0.1, -0.05) is 16.9 Å². The Bertz CT molecular complexity index is 1660. The third-order valence-corrected chi connectivity index (χ3v) is 9.14. The van der Waals surface area contributed by atoms with Crippen molar-refractivity contribution in [1.29, 1.82) is 0 Å². The molecule has 0 spiro atoms. The van der Waals surface area contributed by atoms with Crippen LogP contribution in [0.3, 0.4) is 0 Å². The highest BCUT2D eigenvalue weighted by molar-refractivity contribution is 8.01. The van der Waals surface area contributed by atoms with Crippen molar-refractivity contribution in [3.8, 4) is 0 Å². The third kappa shape index (κ3) is 6.68. The summed E-state index contributed by atoms with van der Waals surface area (Å²) in [6.07, 6.45) is 3.38. The van der Waals surface area contributed by atoms with Crippen LogP contribution in [0.2, 0.25) is 0 Å². The predicted octanol–water partition coefficient (Wildman–Crippen LogP) is -0.480. The largest absolute Gasteiger partial charge is 0.477 e. The normalized spacial score (nSPS) is 17.8. The summed E-state index contributed by atoms with van der Waals surface area (Å²) in [7, 11) is 1.65. The van der Waals surface area contributed by atoms with Crippen LogP contribution < -0.4 is 16.0 Å². The van der Waals surface area contributed by atoms with Gasteiger partial charge in [-0.25, -0.2) is 14.5 Å². The first-order valence-corrected chi connectivity index (χ1v) is 15.3. The summed E-state index contributed by atoms with van der Waals surface area (Å²) in [5.74, 6) is -2.84. The maximum atomic E-state index is 13.4. The summed E-state index contributed by atoms with van der Waals surface area (Å²) >= 11 is 3.52. The van der Waals surface area contributed by atoms with Gasteiger partial charge in [0.1, 0.15) is 22.8 Å². The Morgan fingerprint density at radius 2 is 2.18 bits per heavy atom. The Morgan fingerprint density at radius 1 is 1.34 bits per heavy atom. The summed E-state index contributed by atoms with van der Waals surface area (Å²) in [6.45, 7) is -0.568. The van der Waals surface area contributed by atoms with Crippen LogP contribution in [0.25, 0.3) is 0 Å². The van der Waals surface area contributed by atoms with Gasteiger partial charge >= 0.3 is 5.97 Å². The Morgan fingerprint density at radius 3 is 2.89 bits per heavy atom. The lowest BCUT2D eigenvalue weighted by atomic mass is 10.0. The van der Waals surface area contributed by atoms with Gasteiger partial charge in [0, 0.05) is 30.1 Å². The lowest BCUT2D eigenvalue weighted by Crippen LogP contribution is -2.71. The van der Waals surface area contributed by atoms with Gasteiger partial charge in [-0.3, -0.25) is 29.1 Å². The SMILES string of the molecule is Cn1nnnc1SCC1=C(C(=O)O)N2C(=O)C(NC(=O)C(=NOCC(=O)Nc3cccnc3)c3csc(NC=O)n3)[C@H]2SC1. The van der Waals surface area contributed by atoms with E-state index in [1.165, 1.54) is 46.0 Å². The molecule has 1 fully saturated rings. The molecule has 4 amide bonds. The summed E-state index contributed by atoms with van der Waals surface area (Å²) in [6, 6.07) is 2.17. The predicted molar refractivity (Wildman–Crippen MR) is 156 cm³/mol. The van der Waals surface area contributed by atoms with Crippen molar-refractivity contribution in [3.63, 3.8) is 0 Å². The van der Waals surface area contributed by atoms with Crippen LogP contribution >= 0.6 is 34.9 Å². The van der Waals surface area contributed by atoms with Crippen LogP contribution in [-0.4, -0.2) is 106 Å². The minimum absolute atomic E-state index is 0.00754. The molecule has 3 aromatic heterocycles. The van der Waals surface area contributed by atoms with Crippen LogP contribution in [0.5, 0.6) is 0 Å². The second-order valence-corrected chi connectivity index (χ2v) is 11.7. The molecule has 44 heavy (non-hydrogen) atoms. The van der Waals surface area contributed by atoms with Gasteiger partial charge in [-0.15, -0.1) is 28.2 Å². The number of anilines is 2. The summed E-state index contributed by atoms with van der Waals surface area (Å²) in [5.41, 5.74) is 0.404. The first-order valence-electron chi connectivity index (χ1n) is 12.4. The molecule has 2 atom stereocenters. The number of aryl methyl sites for hydroxylation is 1. The zero-order chi connectivity index (χ0) is 31.2. The summed E-state index contributed by atoms with van der Waals surface area (Å²) < 4.78 is 1.45. The standard InChI is InChI=1S/C23H21N11O7S3/c1-33-23(29-31-32-33)44-8-11-7-42-20-16(19(38)34(20)17(11)21(39)40)28-18(37)15(13-9-43-22(27-13)25-10-35)30-41-6-14(36)26-12-3-2-4-24-5-12/h2-5,9-10,16,20H,6-8H2,1H3,(H,26,36)(H,28,37)(H,39,40)(H,25,27,35)/t16?,20-/m1/s1. The van der Waals surface area contributed by atoms with Crippen molar-refractivity contribution in [2.24, 2.45) is 12.2 Å². The lowest BCUT2D eigenvalue weighted by molar-refractivity contribution is -0.150. The fraction of sp³-hybridized carbons (Fsp3) is 0.261. The highest BCUT2D eigenvalue weighted by atomic mass is 32.2. The van der Waals surface area contributed by atoms with Gasteiger partial charge in [0.25, 0.3) is 17.7 Å². The number of aliphatic carboxylic acids is 1. The van der Waals surface area contributed by atoms with E-state index in [-0.39, 0.29) is 33.7 Å². The number of hydrogen-bond acceptors (Lipinski definition) is 15. The number of nitrogens with zero attached hydrogens (tertiary/aromatic N) is 8. The fourth-order valence-electron chi connectivity index (χ4n) is 3.99. The highest BCUT2D eigenvalue weighted by Gasteiger charge is 2.54. The smallest absolute Gasteiger partial charge is 0.352 e. The molecule has 1 unspecified atom stereocenters.